The van der Waals surface area contributed by atoms with Crippen LogP contribution in [0.5, 0.6) is 5.75 Å². The maximum absolute atomic E-state index is 8.96. The fraction of sp³-hybridized carbons (Fsp3) is 0.167. The molecule has 0 unspecified atom stereocenters. The van der Waals surface area contributed by atoms with E-state index in [-0.39, 0.29) is 5.15 Å². The van der Waals surface area contributed by atoms with E-state index in [0.717, 1.165) is 22.2 Å². The number of nitriles is 1. The Morgan fingerprint density at radius 3 is 2.81 bits per heavy atom. The Bertz CT molecular complexity index is 602. The molecule has 4 heteroatoms. The Balaban J connectivity index is 2.83. The van der Waals surface area contributed by atoms with E-state index in [9.17, 15) is 0 Å². The van der Waals surface area contributed by atoms with Gasteiger partial charge in [0.05, 0.1) is 18.2 Å². The van der Waals surface area contributed by atoms with Gasteiger partial charge in [-0.25, -0.2) is 4.98 Å². The topological polar surface area (TPSA) is 45.9 Å². The molecule has 0 aliphatic rings. The highest BCUT2D eigenvalue weighted by Gasteiger charge is 2.10. The van der Waals surface area contributed by atoms with Crippen molar-refractivity contribution >= 4 is 22.5 Å². The van der Waals surface area contributed by atoms with Gasteiger partial charge in [0.2, 0.25) is 0 Å². The van der Waals surface area contributed by atoms with E-state index in [4.69, 9.17) is 21.6 Å². The third-order valence-corrected chi connectivity index (χ3v) is 2.79. The van der Waals surface area contributed by atoms with Crippen molar-refractivity contribution in [3.8, 4) is 11.8 Å². The summed E-state index contributed by atoms with van der Waals surface area (Å²) in [6.45, 7) is 1.86. The van der Waals surface area contributed by atoms with Crippen molar-refractivity contribution in [3.05, 3.63) is 34.5 Å². The van der Waals surface area contributed by atoms with Crippen molar-refractivity contribution in [1.82, 2.24) is 4.98 Å². The van der Waals surface area contributed by atoms with Gasteiger partial charge in [-0.2, -0.15) is 5.26 Å². The molecule has 0 atom stereocenters. The van der Waals surface area contributed by atoms with Crippen LogP contribution in [0, 0.1) is 18.3 Å². The van der Waals surface area contributed by atoms with Crippen LogP contribution in [-0.2, 0) is 0 Å². The van der Waals surface area contributed by atoms with E-state index >= 15 is 0 Å². The molecule has 0 bridgehead atoms. The summed E-state index contributed by atoms with van der Waals surface area (Å²) in [5.74, 6) is 0.722. The first-order chi connectivity index (χ1) is 7.67. The van der Waals surface area contributed by atoms with E-state index in [0.29, 0.717) is 5.56 Å². The Morgan fingerprint density at radius 2 is 2.19 bits per heavy atom. The smallest absolute Gasteiger partial charge is 0.147 e. The first kappa shape index (κ1) is 10.7. The van der Waals surface area contributed by atoms with E-state index in [2.05, 4.69) is 11.1 Å². The average Bonchev–Trinajstić information content (AvgIpc) is 2.28. The zero-order chi connectivity index (χ0) is 11.7. The fourth-order valence-electron chi connectivity index (χ4n) is 1.63. The number of hydrogen-bond donors (Lipinski definition) is 0. The second-order valence-corrected chi connectivity index (χ2v) is 3.76. The molecular formula is C12H9ClN2O. The second-order valence-electron chi connectivity index (χ2n) is 3.40. The molecule has 1 heterocycles. The Hall–Kier alpha value is -1.79. The Morgan fingerprint density at radius 1 is 1.44 bits per heavy atom. The summed E-state index contributed by atoms with van der Waals surface area (Å²) in [5.41, 5.74) is 2.01. The third kappa shape index (κ3) is 1.58. The molecule has 16 heavy (non-hydrogen) atoms. The van der Waals surface area contributed by atoms with Gasteiger partial charge in [0.15, 0.2) is 0 Å². The lowest BCUT2D eigenvalue weighted by atomic mass is 10.1. The van der Waals surface area contributed by atoms with Crippen LogP contribution in [0.4, 0.5) is 0 Å². The highest BCUT2D eigenvalue weighted by atomic mass is 35.5. The molecule has 0 N–H and O–H groups in total. The monoisotopic (exact) mass is 232 g/mol. The molecule has 0 amide bonds. The minimum absolute atomic E-state index is 0.237. The third-order valence-electron chi connectivity index (χ3n) is 2.52. The van der Waals surface area contributed by atoms with Gasteiger partial charge in [0.1, 0.15) is 17.0 Å². The van der Waals surface area contributed by atoms with Gasteiger partial charge in [0, 0.05) is 11.5 Å². The minimum atomic E-state index is 0.237. The molecule has 3 nitrogen and oxygen atoms in total. The largest absolute Gasteiger partial charge is 0.497 e. The summed E-state index contributed by atoms with van der Waals surface area (Å²) < 4.78 is 5.11. The zero-order valence-corrected chi connectivity index (χ0v) is 9.67. The van der Waals surface area contributed by atoms with Crippen molar-refractivity contribution in [2.45, 2.75) is 6.92 Å². The normalized spacial score (nSPS) is 10.1. The molecule has 2 aromatic rings. The number of aryl methyl sites for hydroxylation is 1. The second kappa shape index (κ2) is 3.99. The molecule has 1 aromatic carbocycles. The first-order valence-electron chi connectivity index (χ1n) is 4.71. The highest BCUT2D eigenvalue weighted by molar-refractivity contribution is 6.31. The molecule has 0 aliphatic heterocycles. The number of hydrogen-bond acceptors (Lipinski definition) is 3. The van der Waals surface area contributed by atoms with Gasteiger partial charge in [-0.1, -0.05) is 11.6 Å². The van der Waals surface area contributed by atoms with Crippen LogP contribution in [0.15, 0.2) is 18.2 Å². The molecule has 0 fully saturated rings. The standard InChI is InChI=1S/C12H9ClN2O/c1-7-9-4-3-8(16-2)5-11(9)15-12(13)10(7)6-14/h3-5H,1-2H3. The van der Waals surface area contributed by atoms with Crippen LogP contribution in [0.2, 0.25) is 5.15 Å². The van der Waals surface area contributed by atoms with E-state index in [1.165, 1.54) is 0 Å². The van der Waals surface area contributed by atoms with Crippen molar-refractivity contribution in [1.29, 1.82) is 5.26 Å². The molecule has 2 rings (SSSR count). The lowest BCUT2D eigenvalue weighted by molar-refractivity contribution is 0.415. The first-order valence-corrected chi connectivity index (χ1v) is 5.09. The number of rotatable bonds is 1. The van der Waals surface area contributed by atoms with Gasteiger partial charge in [-0.3, -0.25) is 0 Å². The summed E-state index contributed by atoms with van der Waals surface area (Å²) in [6.07, 6.45) is 0. The van der Waals surface area contributed by atoms with Gasteiger partial charge in [0.25, 0.3) is 0 Å². The lowest BCUT2D eigenvalue weighted by Gasteiger charge is -2.07. The number of aromatic nitrogens is 1. The van der Waals surface area contributed by atoms with Crippen LogP contribution in [0.1, 0.15) is 11.1 Å². The average molecular weight is 233 g/mol. The Kier molecular flexibility index (Phi) is 2.67. The van der Waals surface area contributed by atoms with Crippen LogP contribution in [0.3, 0.4) is 0 Å². The van der Waals surface area contributed by atoms with Gasteiger partial charge in [-0.05, 0) is 24.6 Å². The van der Waals surface area contributed by atoms with E-state index in [1.807, 2.05) is 19.1 Å². The minimum Gasteiger partial charge on any atom is -0.497 e. The SMILES string of the molecule is COc1ccc2c(C)c(C#N)c(Cl)nc2c1. The van der Waals surface area contributed by atoms with Gasteiger partial charge < -0.3 is 4.74 Å². The number of halogens is 1. The van der Waals surface area contributed by atoms with Crippen LogP contribution in [-0.4, -0.2) is 12.1 Å². The number of benzene rings is 1. The summed E-state index contributed by atoms with van der Waals surface area (Å²) >= 11 is 5.93. The predicted octanol–water partition coefficient (Wildman–Crippen LogP) is 3.08. The van der Waals surface area contributed by atoms with Crippen molar-refractivity contribution in [2.75, 3.05) is 7.11 Å². The zero-order valence-electron chi connectivity index (χ0n) is 8.91. The number of fused-ring (bicyclic) bond motifs is 1. The van der Waals surface area contributed by atoms with Crippen LogP contribution < -0.4 is 4.74 Å². The Labute approximate surface area is 98.2 Å². The summed E-state index contributed by atoms with van der Waals surface area (Å²) in [6, 6.07) is 7.58. The number of nitrogens with zero attached hydrogens (tertiary/aromatic N) is 2. The molecule has 0 aliphatic carbocycles. The van der Waals surface area contributed by atoms with E-state index < -0.39 is 0 Å². The molecule has 80 valence electrons. The van der Waals surface area contributed by atoms with E-state index in [1.54, 1.807) is 13.2 Å². The maximum atomic E-state index is 8.96. The summed E-state index contributed by atoms with van der Waals surface area (Å²) in [5, 5.41) is 10.1. The van der Waals surface area contributed by atoms with Gasteiger partial charge in [-0.15, -0.1) is 0 Å². The maximum Gasteiger partial charge on any atom is 0.147 e. The number of pyridine rings is 1. The lowest BCUT2D eigenvalue weighted by Crippen LogP contribution is -1.92. The summed E-state index contributed by atoms with van der Waals surface area (Å²) in [7, 11) is 1.60. The number of methoxy groups -OCH3 is 1. The van der Waals surface area contributed by atoms with Crippen LogP contribution in [0.25, 0.3) is 10.9 Å². The number of ether oxygens (including phenoxy) is 1. The molecule has 1 aromatic heterocycles. The molecule has 0 radical (unpaired) electrons. The quantitative estimate of drug-likeness (QED) is 0.710. The van der Waals surface area contributed by atoms with Crippen molar-refractivity contribution < 1.29 is 4.74 Å². The van der Waals surface area contributed by atoms with Crippen molar-refractivity contribution in [2.24, 2.45) is 0 Å². The molecule has 0 spiro atoms. The van der Waals surface area contributed by atoms with Crippen molar-refractivity contribution in [3.63, 3.8) is 0 Å². The predicted molar refractivity (Wildman–Crippen MR) is 62.8 cm³/mol. The summed E-state index contributed by atoms with van der Waals surface area (Å²) in [4.78, 5) is 4.18. The molecule has 0 saturated carbocycles. The van der Waals surface area contributed by atoms with Gasteiger partial charge >= 0.3 is 0 Å². The highest BCUT2D eigenvalue weighted by Crippen LogP contribution is 2.27. The fourth-order valence-corrected chi connectivity index (χ4v) is 1.90. The molecule has 0 saturated heterocycles. The van der Waals surface area contributed by atoms with Crippen LogP contribution >= 0.6 is 11.6 Å². The molecular weight excluding hydrogens is 224 g/mol.